The zero-order valence-corrected chi connectivity index (χ0v) is 26.3. The first-order valence-electron chi connectivity index (χ1n) is 14.2. The summed E-state index contributed by atoms with van der Waals surface area (Å²) in [5.41, 5.74) is 2.00. The van der Waals surface area contributed by atoms with Gasteiger partial charge >= 0.3 is 0 Å². The maximum atomic E-state index is 13.7. The standard InChI is InChI=1S/C35H35N3O6S/c1-5-32(35(41)37-28-16-9-10-17-31(28)44-4)45-27-15-11-14-25(22-27)36-34(40)29(38-33(39)23-12-7-6-8-13-23)21-24-20-26(42-2)18-19-30(24)43-3/h6-22,32H,5H2,1-4H3,(H,36,40)(H,37,41)(H,38,39)/b29-21+. The minimum absolute atomic E-state index is 0.00363. The highest BCUT2D eigenvalue weighted by Gasteiger charge is 2.21. The molecule has 0 bridgehead atoms. The first kappa shape index (κ1) is 32.7. The van der Waals surface area contributed by atoms with Crippen LogP contribution in [0.15, 0.2) is 108 Å². The fourth-order valence-electron chi connectivity index (χ4n) is 4.34. The monoisotopic (exact) mass is 625 g/mol. The number of nitrogens with one attached hydrogen (secondary N) is 3. The summed E-state index contributed by atoms with van der Waals surface area (Å²) < 4.78 is 16.2. The molecule has 45 heavy (non-hydrogen) atoms. The van der Waals surface area contributed by atoms with Crippen LogP contribution in [-0.2, 0) is 9.59 Å². The first-order valence-corrected chi connectivity index (χ1v) is 15.0. The second-order valence-electron chi connectivity index (χ2n) is 9.67. The zero-order valence-electron chi connectivity index (χ0n) is 25.5. The van der Waals surface area contributed by atoms with E-state index in [2.05, 4.69) is 16.0 Å². The van der Waals surface area contributed by atoms with E-state index in [1.54, 1.807) is 86.0 Å². The largest absolute Gasteiger partial charge is 0.497 e. The Morgan fingerprint density at radius 1 is 0.778 bits per heavy atom. The van der Waals surface area contributed by atoms with E-state index in [4.69, 9.17) is 14.2 Å². The number of para-hydroxylation sites is 2. The molecule has 1 unspecified atom stereocenters. The molecule has 9 nitrogen and oxygen atoms in total. The van der Waals surface area contributed by atoms with Crippen molar-refractivity contribution in [2.75, 3.05) is 32.0 Å². The lowest BCUT2D eigenvalue weighted by atomic mass is 10.1. The molecule has 0 aliphatic heterocycles. The topological polar surface area (TPSA) is 115 Å². The summed E-state index contributed by atoms with van der Waals surface area (Å²) in [5, 5.41) is 8.16. The lowest BCUT2D eigenvalue weighted by Crippen LogP contribution is -2.30. The van der Waals surface area contributed by atoms with Crippen molar-refractivity contribution in [3.05, 3.63) is 114 Å². The SMILES string of the molecule is CCC(Sc1cccc(NC(=O)/C(=C\c2cc(OC)ccc2OC)NC(=O)c2ccccc2)c1)C(=O)Nc1ccccc1OC. The van der Waals surface area contributed by atoms with Gasteiger partial charge < -0.3 is 30.2 Å². The van der Waals surface area contributed by atoms with Gasteiger partial charge in [0.15, 0.2) is 0 Å². The number of methoxy groups -OCH3 is 3. The molecule has 0 saturated heterocycles. The smallest absolute Gasteiger partial charge is 0.272 e. The Hall–Kier alpha value is -5.22. The molecular weight excluding hydrogens is 590 g/mol. The second-order valence-corrected chi connectivity index (χ2v) is 10.9. The van der Waals surface area contributed by atoms with Gasteiger partial charge in [-0.1, -0.05) is 43.3 Å². The van der Waals surface area contributed by atoms with Crippen molar-refractivity contribution < 1.29 is 28.6 Å². The molecule has 10 heteroatoms. The number of benzene rings is 4. The Kier molecular flexibility index (Phi) is 11.6. The molecule has 0 aliphatic carbocycles. The highest BCUT2D eigenvalue weighted by atomic mass is 32.2. The molecule has 0 aliphatic rings. The average Bonchev–Trinajstić information content (AvgIpc) is 3.07. The van der Waals surface area contributed by atoms with Gasteiger partial charge in [-0.2, -0.15) is 0 Å². The van der Waals surface area contributed by atoms with Crippen molar-refractivity contribution in [2.24, 2.45) is 0 Å². The lowest BCUT2D eigenvalue weighted by Gasteiger charge is -2.17. The third kappa shape index (κ3) is 8.90. The van der Waals surface area contributed by atoms with Crippen molar-refractivity contribution in [3.63, 3.8) is 0 Å². The van der Waals surface area contributed by atoms with E-state index >= 15 is 0 Å². The van der Waals surface area contributed by atoms with Crippen LogP contribution in [0.1, 0.15) is 29.3 Å². The molecular formula is C35H35N3O6S. The highest BCUT2D eigenvalue weighted by Crippen LogP contribution is 2.31. The normalized spacial score (nSPS) is 11.6. The van der Waals surface area contributed by atoms with Crippen LogP contribution in [0.5, 0.6) is 17.2 Å². The minimum atomic E-state index is -0.549. The Balaban J connectivity index is 1.56. The zero-order chi connectivity index (χ0) is 32.2. The molecule has 4 rings (SSSR count). The molecule has 4 aromatic carbocycles. The van der Waals surface area contributed by atoms with Crippen LogP contribution >= 0.6 is 11.8 Å². The number of carbonyl (C=O) groups is 3. The van der Waals surface area contributed by atoms with Gasteiger partial charge in [0.1, 0.15) is 22.9 Å². The van der Waals surface area contributed by atoms with E-state index in [1.165, 1.54) is 32.1 Å². The van der Waals surface area contributed by atoms with Gasteiger partial charge in [-0.3, -0.25) is 14.4 Å². The van der Waals surface area contributed by atoms with Gasteiger partial charge in [0.05, 0.1) is 32.3 Å². The maximum absolute atomic E-state index is 13.7. The molecule has 0 aromatic heterocycles. The molecule has 3 N–H and O–H groups in total. The van der Waals surface area contributed by atoms with Crippen LogP contribution in [0.25, 0.3) is 6.08 Å². The molecule has 232 valence electrons. The molecule has 0 saturated carbocycles. The van der Waals surface area contributed by atoms with Crippen LogP contribution in [0.3, 0.4) is 0 Å². The summed E-state index contributed by atoms with van der Waals surface area (Å²) >= 11 is 1.38. The number of hydrogen-bond donors (Lipinski definition) is 3. The third-order valence-corrected chi connectivity index (χ3v) is 8.02. The summed E-state index contributed by atoms with van der Waals surface area (Å²) in [6, 6.07) is 28.2. The van der Waals surface area contributed by atoms with E-state index in [0.717, 1.165) is 4.90 Å². The van der Waals surface area contributed by atoms with E-state index in [1.807, 2.05) is 25.1 Å². The van der Waals surface area contributed by atoms with Crippen LogP contribution in [0.2, 0.25) is 0 Å². The molecule has 4 aromatic rings. The van der Waals surface area contributed by atoms with Crippen LogP contribution in [0, 0.1) is 0 Å². The molecule has 1 atom stereocenters. The summed E-state index contributed by atoms with van der Waals surface area (Å²) in [5.74, 6) is 0.460. The second kappa shape index (κ2) is 16.0. The number of ether oxygens (including phenoxy) is 3. The molecule has 0 heterocycles. The van der Waals surface area contributed by atoms with Crippen molar-refractivity contribution in [3.8, 4) is 17.2 Å². The highest BCUT2D eigenvalue weighted by molar-refractivity contribution is 8.00. The van der Waals surface area contributed by atoms with Gasteiger partial charge in [-0.15, -0.1) is 11.8 Å². The summed E-state index contributed by atoms with van der Waals surface area (Å²) in [6.45, 7) is 1.93. The van der Waals surface area contributed by atoms with E-state index in [9.17, 15) is 14.4 Å². The summed E-state index contributed by atoms with van der Waals surface area (Å²) in [6.07, 6.45) is 2.11. The number of rotatable bonds is 13. The number of amides is 3. The van der Waals surface area contributed by atoms with E-state index in [-0.39, 0.29) is 11.6 Å². The van der Waals surface area contributed by atoms with Gasteiger partial charge in [-0.05, 0) is 73.2 Å². The van der Waals surface area contributed by atoms with Crippen molar-refractivity contribution in [1.82, 2.24) is 5.32 Å². The van der Waals surface area contributed by atoms with Crippen molar-refractivity contribution in [1.29, 1.82) is 0 Å². The maximum Gasteiger partial charge on any atom is 0.272 e. The van der Waals surface area contributed by atoms with Gasteiger partial charge in [0, 0.05) is 21.7 Å². The van der Waals surface area contributed by atoms with Crippen LogP contribution in [0.4, 0.5) is 11.4 Å². The Labute approximate surface area is 267 Å². The lowest BCUT2D eigenvalue weighted by molar-refractivity contribution is -0.116. The molecule has 0 radical (unpaired) electrons. The minimum Gasteiger partial charge on any atom is -0.497 e. The van der Waals surface area contributed by atoms with Crippen LogP contribution < -0.4 is 30.2 Å². The Morgan fingerprint density at radius 2 is 1.51 bits per heavy atom. The predicted molar refractivity (Wildman–Crippen MR) is 178 cm³/mol. The van der Waals surface area contributed by atoms with Gasteiger partial charge in [0.25, 0.3) is 11.8 Å². The number of thioether (sulfide) groups is 1. The fourth-order valence-corrected chi connectivity index (χ4v) is 5.36. The number of hydrogen-bond acceptors (Lipinski definition) is 7. The number of anilines is 2. The van der Waals surface area contributed by atoms with Gasteiger partial charge in [-0.25, -0.2) is 0 Å². The average molecular weight is 626 g/mol. The van der Waals surface area contributed by atoms with Gasteiger partial charge in [0.2, 0.25) is 5.91 Å². The first-order chi connectivity index (χ1) is 21.8. The molecule has 3 amide bonds. The fraction of sp³-hybridized carbons (Fsp3) is 0.171. The van der Waals surface area contributed by atoms with Crippen molar-refractivity contribution >= 4 is 46.9 Å². The van der Waals surface area contributed by atoms with E-state index in [0.29, 0.717) is 46.2 Å². The Bertz CT molecular complexity index is 1680. The third-order valence-electron chi connectivity index (χ3n) is 6.66. The summed E-state index contributed by atoms with van der Waals surface area (Å²) in [7, 11) is 4.61. The van der Waals surface area contributed by atoms with E-state index < -0.39 is 17.1 Å². The summed E-state index contributed by atoms with van der Waals surface area (Å²) in [4.78, 5) is 40.7. The predicted octanol–water partition coefficient (Wildman–Crippen LogP) is 6.63. The van der Waals surface area contributed by atoms with Crippen LogP contribution in [-0.4, -0.2) is 44.3 Å². The molecule has 0 spiro atoms. The Morgan fingerprint density at radius 3 is 2.22 bits per heavy atom. The van der Waals surface area contributed by atoms with Crippen molar-refractivity contribution in [2.45, 2.75) is 23.5 Å². The number of carbonyl (C=O) groups excluding carboxylic acids is 3. The molecule has 0 fully saturated rings. The quantitative estimate of drug-likeness (QED) is 0.113.